The molecule has 0 heterocycles. The van der Waals surface area contributed by atoms with Crippen molar-refractivity contribution in [1.82, 2.24) is 5.32 Å². The second-order valence-electron chi connectivity index (χ2n) is 5.23. The number of benzene rings is 1. The van der Waals surface area contributed by atoms with E-state index in [0.717, 1.165) is 25.0 Å². The number of carbonyl (C=O) groups is 1. The summed E-state index contributed by atoms with van der Waals surface area (Å²) in [6.45, 7) is 1.67. The van der Waals surface area contributed by atoms with E-state index >= 15 is 0 Å². The maximum absolute atomic E-state index is 13.1. The van der Waals surface area contributed by atoms with E-state index in [-0.39, 0.29) is 0 Å². The molecule has 0 aromatic heterocycles. The molecular formula is C14H17F2NO2S. The lowest BCUT2D eigenvalue weighted by Crippen LogP contribution is -2.50. The average molecular weight is 301 g/mol. The van der Waals surface area contributed by atoms with E-state index in [2.05, 4.69) is 5.32 Å². The molecule has 1 fully saturated rings. The molecule has 2 N–H and O–H groups in total. The minimum absolute atomic E-state index is 0.296. The highest BCUT2D eigenvalue weighted by Crippen LogP contribution is 2.27. The van der Waals surface area contributed by atoms with Crippen molar-refractivity contribution >= 4 is 17.7 Å². The molecule has 0 radical (unpaired) electrons. The summed E-state index contributed by atoms with van der Waals surface area (Å²) in [4.78, 5) is 11.9. The van der Waals surface area contributed by atoms with Gasteiger partial charge in [-0.05, 0) is 44.4 Å². The van der Waals surface area contributed by atoms with Gasteiger partial charge < -0.3 is 5.11 Å². The molecule has 0 saturated heterocycles. The first-order chi connectivity index (χ1) is 9.40. The lowest BCUT2D eigenvalue weighted by molar-refractivity contribution is -0.144. The van der Waals surface area contributed by atoms with Gasteiger partial charge in [-0.25, -0.2) is 8.78 Å². The molecule has 20 heavy (non-hydrogen) atoms. The van der Waals surface area contributed by atoms with E-state index in [1.54, 1.807) is 6.92 Å². The summed E-state index contributed by atoms with van der Waals surface area (Å²) in [6, 6.07) is 4.00. The van der Waals surface area contributed by atoms with Crippen LogP contribution in [0.4, 0.5) is 8.78 Å². The van der Waals surface area contributed by atoms with Gasteiger partial charge >= 0.3 is 5.97 Å². The van der Waals surface area contributed by atoms with E-state index in [1.807, 2.05) is 0 Å². The van der Waals surface area contributed by atoms with Crippen LogP contribution in [0.25, 0.3) is 0 Å². The molecule has 2 rings (SSSR count). The molecule has 0 spiro atoms. The molecule has 6 heteroatoms. The molecule has 1 saturated carbocycles. The molecule has 1 unspecified atom stereocenters. The molecule has 0 bridgehead atoms. The highest BCUT2D eigenvalue weighted by atomic mass is 32.2. The van der Waals surface area contributed by atoms with Gasteiger partial charge in [0.1, 0.15) is 5.54 Å². The number of halogens is 2. The van der Waals surface area contributed by atoms with E-state index in [4.69, 9.17) is 0 Å². The van der Waals surface area contributed by atoms with E-state index < -0.39 is 23.1 Å². The number of hydrogen-bond donors (Lipinski definition) is 2. The molecule has 1 aromatic carbocycles. The Kier molecular flexibility index (Phi) is 4.65. The van der Waals surface area contributed by atoms with Gasteiger partial charge in [0.25, 0.3) is 0 Å². The zero-order valence-electron chi connectivity index (χ0n) is 11.2. The van der Waals surface area contributed by atoms with Gasteiger partial charge in [0.15, 0.2) is 11.6 Å². The standard InChI is InChI=1S/C14H17F2NO2S/c1-14(13(18)19,17-9-2-3-9)6-7-20-10-4-5-11(15)12(16)8-10/h4-5,8-9,17H,2-3,6-7H2,1H3,(H,18,19). The van der Waals surface area contributed by atoms with Crippen LogP contribution < -0.4 is 5.32 Å². The molecule has 0 amide bonds. The van der Waals surface area contributed by atoms with Gasteiger partial charge in [-0.15, -0.1) is 11.8 Å². The van der Waals surface area contributed by atoms with Crippen LogP contribution in [0.15, 0.2) is 23.1 Å². The van der Waals surface area contributed by atoms with Crippen LogP contribution in [-0.4, -0.2) is 28.4 Å². The second kappa shape index (κ2) is 6.10. The van der Waals surface area contributed by atoms with E-state index in [0.29, 0.717) is 23.1 Å². The lowest BCUT2D eigenvalue weighted by atomic mass is 9.99. The molecule has 110 valence electrons. The smallest absolute Gasteiger partial charge is 0.323 e. The highest BCUT2D eigenvalue weighted by Gasteiger charge is 2.37. The summed E-state index contributed by atoms with van der Waals surface area (Å²) >= 11 is 1.33. The van der Waals surface area contributed by atoms with Crippen LogP contribution in [0.1, 0.15) is 26.2 Å². The van der Waals surface area contributed by atoms with Crippen molar-refractivity contribution in [2.24, 2.45) is 0 Å². The lowest BCUT2D eigenvalue weighted by Gasteiger charge is -2.26. The molecule has 1 aliphatic carbocycles. The quantitative estimate of drug-likeness (QED) is 0.760. The number of carboxylic acid groups (broad SMARTS) is 1. The Labute approximate surface area is 120 Å². The zero-order valence-corrected chi connectivity index (χ0v) is 12.0. The van der Waals surface area contributed by atoms with Crippen LogP contribution >= 0.6 is 11.8 Å². The fourth-order valence-corrected chi connectivity index (χ4v) is 2.96. The molecule has 0 aliphatic heterocycles. The Morgan fingerprint density at radius 2 is 2.15 bits per heavy atom. The first-order valence-electron chi connectivity index (χ1n) is 6.50. The Morgan fingerprint density at radius 1 is 1.45 bits per heavy atom. The summed E-state index contributed by atoms with van der Waals surface area (Å²) in [6.07, 6.45) is 2.45. The van der Waals surface area contributed by atoms with Gasteiger partial charge in [0, 0.05) is 16.7 Å². The maximum atomic E-state index is 13.1. The van der Waals surface area contributed by atoms with Gasteiger partial charge in [-0.2, -0.15) is 0 Å². The number of aliphatic carboxylic acids is 1. The van der Waals surface area contributed by atoms with Gasteiger partial charge in [-0.3, -0.25) is 10.1 Å². The Hall–Kier alpha value is -1.14. The van der Waals surface area contributed by atoms with Gasteiger partial charge in [0.2, 0.25) is 0 Å². The number of carboxylic acids is 1. The molecule has 1 atom stereocenters. The Morgan fingerprint density at radius 3 is 2.70 bits per heavy atom. The normalized spacial score (nSPS) is 17.8. The maximum Gasteiger partial charge on any atom is 0.323 e. The minimum Gasteiger partial charge on any atom is -0.480 e. The number of nitrogens with one attached hydrogen (secondary N) is 1. The molecule has 3 nitrogen and oxygen atoms in total. The van der Waals surface area contributed by atoms with E-state index in [1.165, 1.54) is 17.8 Å². The van der Waals surface area contributed by atoms with Crippen molar-refractivity contribution in [3.8, 4) is 0 Å². The van der Waals surface area contributed by atoms with Crippen molar-refractivity contribution in [2.75, 3.05) is 5.75 Å². The Bertz CT molecular complexity index is 508. The fraction of sp³-hybridized carbons (Fsp3) is 0.500. The summed E-state index contributed by atoms with van der Waals surface area (Å²) in [5.74, 6) is -2.12. The second-order valence-corrected chi connectivity index (χ2v) is 6.40. The third-order valence-corrected chi connectivity index (χ3v) is 4.33. The van der Waals surface area contributed by atoms with Crippen molar-refractivity contribution in [2.45, 2.75) is 42.7 Å². The molecular weight excluding hydrogens is 284 g/mol. The predicted molar refractivity (Wildman–Crippen MR) is 73.9 cm³/mol. The average Bonchev–Trinajstić information content (AvgIpc) is 3.17. The molecule has 1 aliphatic rings. The SMILES string of the molecule is CC(CCSc1ccc(F)c(F)c1)(NC1CC1)C(=O)O. The van der Waals surface area contributed by atoms with Gasteiger partial charge in [-0.1, -0.05) is 0 Å². The zero-order chi connectivity index (χ0) is 14.8. The largest absolute Gasteiger partial charge is 0.480 e. The molecule has 1 aromatic rings. The van der Waals surface area contributed by atoms with Crippen LogP contribution in [0.5, 0.6) is 0 Å². The Balaban J connectivity index is 1.89. The minimum atomic E-state index is -0.966. The highest BCUT2D eigenvalue weighted by molar-refractivity contribution is 7.99. The van der Waals surface area contributed by atoms with Crippen LogP contribution in [-0.2, 0) is 4.79 Å². The van der Waals surface area contributed by atoms with Crippen LogP contribution in [0.3, 0.4) is 0 Å². The first-order valence-corrected chi connectivity index (χ1v) is 7.48. The number of rotatable bonds is 7. The monoisotopic (exact) mass is 301 g/mol. The topological polar surface area (TPSA) is 49.3 Å². The van der Waals surface area contributed by atoms with Gasteiger partial charge in [0.05, 0.1) is 0 Å². The van der Waals surface area contributed by atoms with Crippen LogP contribution in [0.2, 0.25) is 0 Å². The summed E-state index contributed by atoms with van der Waals surface area (Å²) in [5.41, 5.74) is -0.966. The van der Waals surface area contributed by atoms with Crippen LogP contribution in [0, 0.1) is 11.6 Å². The number of thioether (sulfide) groups is 1. The predicted octanol–water partition coefficient (Wildman–Crippen LogP) is 3.04. The number of hydrogen-bond acceptors (Lipinski definition) is 3. The van der Waals surface area contributed by atoms with Crippen molar-refractivity contribution in [3.63, 3.8) is 0 Å². The first kappa shape index (κ1) is 15.3. The van der Waals surface area contributed by atoms with E-state index in [9.17, 15) is 18.7 Å². The third-order valence-electron chi connectivity index (χ3n) is 3.33. The third kappa shape index (κ3) is 3.93. The van der Waals surface area contributed by atoms with Crippen molar-refractivity contribution in [1.29, 1.82) is 0 Å². The van der Waals surface area contributed by atoms with Crippen molar-refractivity contribution in [3.05, 3.63) is 29.8 Å². The summed E-state index contributed by atoms with van der Waals surface area (Å²) in [7, 11) is 0. The van der Waals surface area contributed by atoms with Crippen molar-refractivity contribution < 1.29 is 18.7 Å². The fourth-order valence-electron chi connectivity index (χ4n) is 1.86. The summed E-state index contributed by atoms with van der Waals surface area (Å²) < 4.78 is 25.8. The summed E-state index contributed by atoms with van der Waals surface area (Å²) in [5, 5.41) is 12.4.